The molecule has 3 aliphatic heterocycles. The Balaban J connectivity index is 1.18. The largest absolute Gasteiger partial charge is 0.342 e. The predicted octanol–water partition coefficient (Wildman–Crippen LogP) is 0.944. The maximum atomic E-state index is 12.7. The first-order valence-electron chi connectivity index (χ1n) is 11.8. The number of hydrogen-bond acceptors (Lipinski definition) is 5. The van der Waals surface area contributed by atoms with Crippen LogP contribution in [0, 0.1) is 6.92 Å². The second-order valence-electron chi connectivity index (χ2n) is 9.08. The van der Waals surface area contributed by atoms with Crippen molar-refractivity contribution in [3.63, 3.8) is 0 Å². The molecular weight excluding hydrogens is 408 g/mol. The van der Waals surface area contributed by atoms with Gasteiger partial charge in [0, 0.05) is 70.3 Å². The van der Waals surface area contributed by atoms with E-state index in [-0.39, 0.29) is 23.9 Å². The van der Waals surface area contributed by atoms with Crippen molar-refractivity contribution in [3.05, 3.63) is 29.6 Å². The van der Waals surface area contributed by atoms with E-state index in [1.54, 1.807) is 17.2 Å². The highest BCUT2D eigenvalue weighted by molar-refractivity contribution is 5.94. The Labute approximate surface area is 189 Å². The summed E-state index contributed by atoms with van der Waals surface area (Å²) in [7, 11) is 0. The fraction of sp³-hybridized carbons (Fsp3) is 0.652. The minimum Gasteiger partial charge on any atom is -0.342 e. The Morgan fingerprint density at radius 3 is 2.38 bits per heavy atom. The van der Waals surface area contributed by atoms with Gasteiger partial charge >= 0.3 is 6.03 Å². The second-order valence-corrected chi connectivity index (χ2v) is 9.08. The molecule has 174 valence electrons. The minimum absolute atomic E-state index is 0.0384. The number of rotatable bonds is 4. The maximum absolute atomic E-state index is 12.7. The summed E-state index contributed by atoms with van der Waals surface area (Å²) in [5, 5.41) is 3.09. The van der Waals surface area contributed by atoms with Crippen LogP contribution in [0.25, 0.3) is 0 Å². The zero-order valence-electron chi connectivity index (χ0n) is 19.0. The van der Waals surface area contributed by atoms with E-state index in [0.29, 0.717) is 51.4 Å². The second kappa shape index (κ2) is 10.3. The van der Waals surface area contributed by atoms with Gasteiger partial charge in [-0.15, -0.1) is 0 Å². The third kappa shape index (κ3) is 5.56. The van der Waals surface area contributed by atoms with Crippen LogP contribution >= 0.6 is 0 Å². The first-order valence-corrected chi connectivity index (χ1v) is 11.8. The van der Waals surface area contributed by atoms with Crippen molar-refractivity contribution in [2.45, 2.75) is 38.6 Å². The van der Waals surface area contributed by atoms with Gasteiger partial charge in [0.25, 0.3) is 5.91 Å². The topological polar surface area (TPSA) is 89.1 Å². The lowest BCUT2D eigenvalue weighted by atomic mass is 10.1. The SMILES string of the molecule is Cc1ccc(C(=O)N2CC[C@@H](NC(=O)N3CCN(CC(=O)N4CCCCC4)CC3)C2)cn1. The summed E-state index contributed by atoms with van der Waals surface area (Å²) in [4.78, 5) is 49.8. The lowest BCUT2D eigenvalue weighted by Gasteiger charge is -2.36. The summed E-state index contributed by atoms with van der Waals surface area (Å²) in [6.45, 7) is 7.89. The molecule has 3 aliphatic rings. The molecular formula is C23H34N6O3. The minimum atomic E-state index is -0.0803. The number of hydrogen-bond donors (Lipinski definition) is 1. The molecule has 0 saturated carbocycles. The summed E-state index contributed by atoms with van der Waals surface area (Å²) >= 11 is 0. The third-order valence-corrected chi connectivity index (χ3v) is 6.69. The summed E-state index contributed by atoms with van der Waals surface area (Å²) in [6, 6.07) is 3.51. The monoisotopic (exact) mass is 442 g/mol. The van der Waals surface area contributed by atoms with Gasteiger partial charge in [-0.2, -0.15) is 0 Å². The summed E-state index contributed by atoms with van der Waals surface area (Å²) in [5.74, 6) is 0.170. The molecule has 9 heteroatoms. The third-order valence-electron chi connectivity index (χ3n) is 6.69. The number of amides is 4. The Kier molecular flexibility index (Phi) is 7.24. The van der Waals surface area contributed by atoms with Crippen LogP contribution in [0.5, 0.6) is 0 Å². The van der Waals surface area contributed by atoms with Gasteiger partial charge in [-0.1, -0.05) is 0 Å². The molecule has 0 aliphatic carbocycles. The van der Waals surface area contributed by atoms with E-state index in [0.717, 1.165) is 38.0 Å². The average molecular weight is 443 g/mol. The lowest BCUT2D eigenvalue weighted by molar-refractivity contribution is -0.133. The quantitative estimate of drug-likeness (QED) is 0.750. The molecule has 4 rings (SSSR count). The first-order chi connectivity index (χ1) is 15.5. The van der Waals surface area contributed by atoms with E-state index < -0.39 is 0 Å². The van der Waals surface area contributed by atoms with Crippen LogP contribution in [0.15, 0.2) is 18.3 Å². The molecule has 3 fully saturated rings. The van der Waals surface area contributed by atoms with Crippen LogP contribution in [-0.4, -0.2) is 107 Å². The van der Waals surface area contributed by atoms with Gasteiger partial charge in [0.1, 0.15) is 0 Å². The molecule has 32 heavy (non-hydrogen) atoms. The molecule has 0 radical (unpaired) electrons. The molecule has 4 heterocycles. The van der Waals surface area contributed by atoms with Crippen molar-refractivity contribution in [2.75, 3.05) is 58.9 Å². The van der Waals surface area contributed by atoms with Gasteiger partial charge in [-0.3, -0.25) is 19.5 Å². The number of nitrogens with zero attached hydrogens (tertiary/aromatic N) is 5. The molecule has 1 aromatic rings. The van der Waals surface area contributed by atoms with Gasteiger partial charge in [0.2, 0.25) is 5.91 Å². The highest BCUT2D eigenvalue weighted by Gasteiger charge is 2.30. The number of carbonyl (C=O) groups is 3. The number of urea groups is 1. The Morgan fingerprint density at radius 2 is 1.69 bits per heavy atom. The first kappa shape index (κ1) is 22.5. The maximum Gasteiger partial charge on any atom is 0.317 e. The normalized spacial score (nSPS) is 22.2. The molecule has 3 saturated heterocycles. The molecule has 4 amide bonds. The summed E-state index contributed by atoms with van der Waals surface area (Å²) in [5.41, 5.74) is 1.46. The highest BCUT2D eigenvalue weighted by atomic mass is 16.2. The van der Waals surface area contributed by atoms with Crippen LogP contribution in [0.4, 0.5) is 4.79 Å². The number of piperazine rings is 1. The number of nitrogens with one attached hydrogen (secondary N) is 1. The van der Waals surface area contributed by atoms with E-state index in [4.69, 9.17) is 0 Å². The molecule has 1 aromatic heterocycles. The molecule has 1 N–H and O–H groups in total. The van der Waals surface area contributed by atoms with Crippen LogP contribution in [0.3, 0.4) is 0 Å². The van der Waals surface area contributed by atoms with Crippen LogP contribution in [0.1, 0.15) is 41.7 Å². The smallest absolute Gasteiger partial charge is 0.317 e. The van der Waals surface area contributed by atoms with Crippen molar-refractivity contribution in [1.82, 2.24) is 29.9 Å². The highest BCUT2D eigenvalue weighted by Crippen LogP contribution is 2.15. The number of likely N-dealkylation sites (tertiary alicyclic amines) is 2. The van der Waals surface area contributed by atoms with E-state index >= 15 is 0 Å². The van der Waals surface area contributed by atoms with Crippen molar-refractivity contribution in [2.24, 2.45) is 0 Å². The number of carbonyl (C=O) groups excluding carboxylic acids is 3. The van der Waals surface area contributed by atoms with Crippen LogP contribution in [-0.2, 0) is 4.79 Å². The number of piperidine rings is 1. The molecule has 0 bridgehead atoms. The van der Waals surface area contributed by atoms with E-state index in [9.17, 15) is 14.4 Å². The van der Waals surface area contributed by atoms with Crippen molar-refractivity contribution >= 4 is 17.8 Å². The fourth-order valence-corrected chi connectivity index (χ4v) is 4.65. The lowest BCUT2D eigenvalue weighted by Crippen LogP contribution is -2.55. The molecule has 1 atom stereocenters. The molecule has 0 unspecified atom stereocenters. The summed E-state index contributed by atoms with van der Waals surface area (Å²) in [6.07, 6.45) is 5.78. The summed E-state index contributed by atoms with van der Waals surface area (Å²) < 4.78 is 0. The standard InChI is InChI=1S/C23H34N6O3/c1-18-5-6-19(15-24-18)22(31)29-10-7-20(16-29)25-23(32)28-13-11-26(12-14-28)17-21(30)27-8-3-2-4-9-27/h5-6,15,20H,2-4,7-14,16-17H2,1H3,(H,25,32)/t20-/m1/s1. The van der Waals surface area contributed by atoms with Gasteiger partial charge in [-0.25, -0.2) is 4.79 Å². The number of pyridine rings is 1. The van der Waals surface area contributed by atoms with Gasteiger partial charge < -0.3 is 20.0 Å². The van der Waals surface area contributed by atoms with Crippen molar-refractivity contribution in [3.8, 4) is 0 Å². The van der Waals surface area contributed by atoms with Gasteiger partial charge in [0.05, 0.1) is 12.1 Å². The zero-order valence-corrected chi connectivity index (χ0v) is 19.0. The zero-order chi connectivity index (χ0) is 22.5. The van der Waals surface area contributed by atoms with Crippen LogP contribution < -0.4 is 5.32 Å². The van der Waals surface area contributed by atoms with E-state index in [1.165, 1.54) is 6.42 Å². The van der Waals surface area contributed by atoms with Gasteiger partial charge in [-0.05, 0) is 44.7 Å². The number of aryl methyl sites for hydroxylation is 1. The van der Waals surface area contributed by atoms with Crippen LogP contribution in [0.2, 0.25) is 0 Å². The average Bonchev–Trinajstić information content (AvgIpc) is 3.28. The fourth-order valence-electron chi connectivity index (χ4n) is 4.65. The molecule has 0 spiro atoms. The van der Waals surface area contributed by atoms with E-state index in [2.05, 4.69) is 15.2 Å². The molecule has 0 aromatic carbocycles. The number of aromatic nitrogens is 1. The Morgan fingerprint density at radius 1 is 0.938 bits per heavy atom. The molecule has 9 nitrogen and oxygen atoms in total. The van der Waals surface area contributed by atoms with E-state index in [1.807, 2.05) is 22.8 Å². The Hall–Kier alpha value is -2.68. The van der Waals surface area contributed by atoms with Crippen molar-refractivity contribution < 1.29 is 14.4 Å². The Bertz CT molecular complexity index is 816. The van der Waals surface area contributed by atoms with Gasteiger partial charge in [0.15, 0.2) is 0 Å². The predicted molar refractivity (Wildman–Crippen MR) is 120 cm³/mol. The van der Waals surface area contributed by atoms with Crippen molar-refractivity contribution in [1.29, 1.82) is 0 Å².